The van der Waals surface area contributed by atoms with E-state index in [2.05, 4.69) is 6.58 Å². The zero-order valence-corrected chi connectivity index (χ0v) is 17.7. The Morgan fingerprint density at radius 1 is 1.19 bits per heavy atom. The van der Waals surface area contributed by atoms with Crippen LogP contribution in [0.15, 0.2) is 64.3 Å². The van der Waals surface area contributed by atoms with Gasteiger partial charge in [0.2, 0.25) is 5.76 Å². The van der Waals surface area contributed by atoms with Gasteiger partial charge in [0.25, 0.3) is 5.91 Å². The highest BCUT2D eigenvalue weighted by Crippen LogP contribution is 2.39. The molecule has 0 saturated heterocycles. The molecule has 0 bridgehead atoms. The van der Waals surface area contributed by atoms with Crippen molar-refractivity contribution in [2.45, 2.75) is 19.4 Å². The van der Waals surface area contributed by atoms with E-state index in [4.69, 9.17) is 13.9 Å². The third kappa shape index (κ3) is 3.86. The molecule has 3 aromatic rings. The lowest BCUT2D eigenvalue weighted by Crippen LogP contribution is -2.31. The fourth-order valence-electron chi connectivity index (χ4n) is 4.02. The van der Waals surface area contributed by atoms with Crippen molar-refractivity contribution >= 4 is 16.9 Å². The Morgan fingerprint density at radius 3 is 2.81 bits per heavy atom. The molecule has 1 atom stereocenters. The molecule has 2 aromatic carbocycles. The first-order valence-corrected chi connectivity index (χ1v) is 10.3. The summed E-state index contributed by atoms with van der Waals surface area (Å²) < 4.78 is 16.8. The predicted octanol–water partition coefficient (Wildman–Crippen LogP) is 4.25. The highest BCUT2D eigenvalue weighted by molar-refractivity contribution is 5.99. The summed E-state index contributed by atoms with van der Waals surface area (Å²) in [6.45, 7) is 6.91. The fourth-order valence-corrected chi connectivity index (χ4v) is 4.02. The standard InChI is InChI=1S/C25H25NO5/c1-4-12-30-18-8-5-7-17(15-18)22-21-23(27)19-14-16(2)9-10-20(19)31-24(21)25(28)26(22)11-6-13-29-3/h4-5,7-10,14-15,22H,1,6,11-13H2,2-3H3/t22-/m0/s1. The molecule has 31 heavy (non-hydrogen) atoms. The summed E-state index contributed by atoms with van der Waals surface area (Å²) in [5, 5.41) is 0.481. The number of methoxy groups -OCH3 is 1. The number of carbonyl (C=O) groups excluding carboxylic acids is 1. The number of aryl methyl sites for hydroxylation is 1. The molecule has 0 N–H and O–H groups in total. The molecule has 0 radical (unpaired) electrons. The molecule has 6 nitrogen and oxygen atoms in total. The number of amides is 1. The van der Waals surface area contributed by atoms with E-state index in [-0.39, 0.29) is 17.1 Å². The molecule has 1 amide bonds. The Bertz CT molecular complexity index is 1200. The highest BCUT2D eigenvalue weighted by atomic mass is 16.5. The monoisotopic (exact) mass is 419 g/mol. The van der Waals surface area contributed by atoms with Gasteiger partial charge in [-0.3, -0.25) is 9.59 Å². The number of nitrogens with zero attached hydrogens (tertiary/aromatic N) is 1. The molecule has 1 aliphatic rings. The maximum absolute atomic E-state index is 13.5. The smallest absolute Gasteiger partial charge is 0.290 e. The summed E-state index contributed by atoms with van der Waals surface area (Å²) in [7, 11) is 1.62. The van der Waals surface area contributed by atoms with Crippen molar-refractivity contribution in [2.24, 2.45) is 0 Å². The van der Waals surface area contributed by atoms with Crippen molar-refractivity contribution in [2.75, 3.05) is 26.9 Å². The number of rotatable bonds is 8. The van der Waals surface area contributed by atoms with Gasteiger partial charge in [0, 0.05) is 20.3 Å². The topological polar surface area (TPSA) is 69.0 Å². The zero-order chi connectivity index (χ0) is 22.0. The number of hydrogen-bond acceptors (Lipinski definition) is 5. The summed E-state index contributed by atoms with van der Waals surface area (Å²) in [6.07, 6.45) is 2.31. The van der Waals surface area contributed by atoms with Crippen molar-refractivity contribution in [3.8, 4) is 5.75 Å². The minimum Gasteiger partial charge on any atom is -0.490 e. The lowest BCUT2D eigenvalue weighted by atomic mass is 9.98. The zero-order valence-electron chi connectivity index (χ0n) is 17.7. The summed E-state index contributed by atoms with van der Waals surface area (Å²) >= 11 is 0. The number of benzene rings is 2. The second-order valence-corrected chi connectivity index (χ2v) is 7.59. The van der Waals surface area contributed by atoms with Crippen LogP contribution in [0.1, 0.15) is 39.7 Å². The molecule has 4 rings (SSSR count). The number of hydrogen-bond donors (Lipinski definition) is 0. The van der Waals surface area contributed by atoms with Crippen molar-refractivity contribution in [1.82, 2.24) is 4.90 Å². The van der Waals surface area contributed by atoms with E-state index in [0.717, 1.165) is 11.1 Å². The van der Waals surface area contributed by atoms with Crippen molar-refractivity contribution < 1.29 is 18.7 Å². The highest BCUT2D eigenvalue weighted by Gasteiger charge is 2.42. The van der Waals surface area contributed by atoms with Gasteiger partial charge < -0.3 is 18.8 Å². The van der Waals surface area contributed by atoms with Crippen LogP contribution in [-0.4, -0.2) is 37.7 Å². The SMILES string of the molecule is C=CCOc1cccc([C@H]2c3c(oc4ccc(C)cc4c3=O)C(=O)N2CCCOC)c1. The van der Waals surface area contributed by atoms with Crippen LogP contribution in [0.25, 0.3) is 11.0 Å². The molecule has 6 heteroatoms. The van der Waals surface area contributed by atoms with Crippen LogP contribution in [0.2, 0.25) is 0 Å². The molecule has 160 valence electrons. The Labute approximate surface area is 180 Å². The number of carbonyl (C=O) groups is 1. The van der Waals surface area contributed by atoms with Crippen molar-refractivity contribution in [1.29, 1.82) is 0 Å². The average molecular weight is 419 g/mol. The van der Waals surface area contributed by atoms with Crippen molar-refractivity contribution in [3.05, 3.63) is 87.8 Å². The second kappa shape index (κ2) is 8.78. The van der Waals surface area contributed by atoms with Crippen LogP contribution in [0, 0.1) is 6.92 Å². The third-order valence-corrected chi connectivity index (χ3v) is 5.41. The summed E-state index contributed by atoms with van der Waals surface area (Å²) in [5.41, 5.74) is 2.37. The minimum absolute atomic E-state index is 0.112. The molecule has 0 aliphatic carbocycles. The van der Waals surface area contributed by atoms with E-state index < -0.39 is 6.04 Å². The number of ether oxygens (including phenoxy) is 2. The van der Waals surface area contributed by atoms with Crippen LogP contribution in [-0.2, 0) is 4.74 Å². The molecule has 0 saturated carbocycles. The first kappa shape index (κ1) is 20.9. The van der Waals surface area contributed by atoms with E-state index in [9.17, 15) is 9.59 Å². The fraction of sp³-hybridized carbons (Fsp3) is 0.280. The van der Waals surface area contributed by atoms with Crippen LogP contribution >= 0.6 is 0 Å². The van der Waals surface area contributed by atoms with Gasteiger partial charge in [-0.1, -0.05) is 36.4 Å². The third-order valence-electron chi connectivity index (χ3n) is 5.41. The largest absolute Gasteiger partial charge is 0.490 e. The minimum atomic E-state index is -0.548. The molecular formula is C25H25NO5. The van der Waals surface area contributed by atoms with Gasteiger partial charge in [-0.15, -0.1) is 0 Å². The lowest BCUT2D eigenvalue weighted by molar-refractivity contribution is 0.0707. The Hall–Kier alpha value is -3.38. The van der Waals surface area contributed by atoms with Gasteiger partial charge in [0.15, 0.2) is 5.43 Å². The number of fused-ring (bicyclic) bond motifs is 2. The molecular weight excluding hydrogens is 394 g/mol. The first-order chi connectivity index (χ1) is 15.0. The van der Waals surface area contributed by atoms with Crippen LogP contribution in [0.4, 0.5) is 0 Å². The van der Waals surface area contributed by atoms with Gasteiger partial charge in [-0.2, -0.15) is 0 Å². The van der Waals surface area contributed by atoms with Crippen LogP contribution in [0.5, 0.6) is 5.75 Å². The Kier molecular flexibility index (Phi) is 5.91. The quantitative estimate of drug-likeness (QED) is 0.403. The molecule has 0 unspecified atom stereocenters. The van der Waals surface area contributed by atoms with Gasteiger partial charge in [-0.05, 0) is 43.2 Å². The van der Waals surface area contributed by atoms with Crippen LogP contribution < -0.4 is 10.2 Å². The van der Waals surface area contributed by atoms with E-state index in [1.165, 1.54) is 0 Å². The van der Waals surface area contributed by atoms with Crippen LogP contribution in [0.3, 0.4) is 0 Å². The van der Waals surface area contributed by atoms with Crippen molar-refractivity contribution in [3.63, 3.8) is 0 Å². The lowest BCUT2D eigenvalue weighted by Gasteiger charge is -2.25. The normalized spacial score (nSPS) is 15.4. The molecule has 1 aromatic heterocycles. The van der Waals surface area contributed by atoms with E-state index in [0.29, 0.717) is 48.5 Å². The van der Waals surface area contributed by atoms with Gasteiger partial charge in [-0.25, -0.2) is 0 Å². The van der Waals surface area contributed by atoms with Gasteiger partial charge >= 0.3 is 0 Å². The predicted molar refractivity (Wildman–Crippen MR) is 119 cm³/mol. The molecule has 2 heterocycles. The summed E-state index contributed by atoms with van der Waals surface area (Å²) in [4.78, 5) is 28.5. The van der Waals surface area contributed by atoms with E-state index in [1.807, 2.05) is 37.3 Å². The maximum atomic E-state index is 13.5. The van der Waals surface area contributed by atoms with Gasteiger partial charge in [0.1, 0.15) is 17.9 Å². The second-order valence-electron chi connectivity index (χ2n) is 7.59. The molecule has 0 fully saturated rings. The van der Waals surface area contributed by atoms with E-state index >= 15 is 0 Å². The molecule has 0 spiro atoms. The summed E-state index contributed by atoms with van der Waals surface area (Å²) in [6, 6.07) is 12.3. The molecule has 1 aliphatic heterocycles. The Morgan fingerprint density at radius 2 is 2.03 bits per heavy atom. The first-order valence-electron chi connectivity index (χ1n) is 10.3. The van der Waals surface area contributed by atoms with Gasteiger partial charge in [0.05, 0.1) is 17.0 Å². The maximum Gasteiger partial charge on any atom is 0.290 e. The average Bonchev–Trinajstić information content (AvgIpc) is 3.05. The van der Waals surface area contributed by atoms with E-state index in [1.54, 1.807) is 30.2 Å². The summed E-state index contributed by atoms with van der Waals surface area (Å²) in [5.74, 6) is 0.477. The Balaban J connectivity index is 1.88.